The zero-order valence-electron chi connectivity index (χ0n) is 18.3. The maximum atomic E-state index is 9.32. The smallest absolute Gasteiger partial charge is 0.194 e. The molecule has 0 atom stereocenters. The second kappa shape index (κ2) is 10.7. The third-order valence-corrected chi connectivity index (χ3v) is 5.96. The van der Waals surface area contributed by atoms with Crippen LogP contribution in [0.4, 0.5) is 5.69 Å². The lowest BCUT2D eigenvalue weighted by Gasteiger charge is -2.32. The summed E-state index contributed by atoms with van der Waals surface area (Å²) in [5.74, 6) is 1.34. The van der Waals surface area contributed by atoms with E-state index in [0.717, 1.165) is 55.7 Å². The average molecular weight is 432 g/mol. The van der Waals surface area contributed by atoms with E-state index in [1.165, 1.54) is 11.3 Å². The van der Waals surface area contributed by atoms with Crippen molar-refractivity contribution >= 4 is 23.2 Å². The van der Waals surface area contributed by atoms with Gasteiger partial charge < -0.3 is 24.8 Å². The number of hydrogen-bond donors (Lipinski definition) is 2. The van der Waals surface area contributed by atoms with Gasteiger partial charge in [0, 0.05) is 57.9 Å². The molecule has 0 aliphatic carbocycles. The van der Waals surface area contributed by atoms with Gasteiger partial charge in [-0.05, 0) is 49.4 Å². The normalized spacial score (nSPS) is 15.5. The molecule has 2 aromatic rings. The van der Waals surface area contributed by atoms with Crippen molar-refractivity contribution in [1.82, 2.24) is 14.8 Å². The molecule has 1 aromatic carbocycles. The van der Waals surface area contributed by atoms with Crippen molar-refractivity contribution < 1.29 is 5.11 Å². The SMILES string of the molecule is CCNC(=NCc1ccc(N2CCC(CO)CC2)cc1)N(C)Cc1cc(Cl)cn1C. The monoisotopic (exact) mass is 431 g/mol. The molecule has 0 saturated carbocycles. The zero-order valence-corrected chi connectivity index (χ0v) is 19.1. The average Bonchev–Trinajstić information content (AvgIpc) is 3.08. The van der Waals surface area contributed by atoms with Crippen molar-refractivity contribution in [3.8, 4) is 0 Å². The number of nitrogens with one attached hydrogen (secondary N) is 1. The molecule has 1 saturated heterocycles. The number of aryl methyl sites for hydroxylation is 1. The summed E-state index contributed by atoms with van der Waals surface area (Å²) in [7, 11) is 4.05. The molecule has 1 aliphatic heterocycles. The molecular formula is C23H34ClN5O. The molecule has 0 unspecified atom stereocenters. The first-order chi connectivity index (χ1) is 14.5. The Bertz CT molecular complexity index is 825. The maximum Gasteiger partial charge on any atom is 0.194 e. The number of nitrogens with zero attached hydrogens (tertiary/aromatic N) is 4. The van der Waals surface area contributed by atoms with Crippen LogP contribution in [0.3, 0.4) is 0 Å². The highest BCUT2D eigenvalue weighted by molar-refractivity contribution is 6.30. The van der Waals surface area contributed by atoms with Crippen LogP contribution in [0.25, 0.3) is 0 Å². The predicted octanol–water partition coefficient (Wildman–Crippen LogP) is 3.48. The van der Waals surface area contributed by atoms with Gasteiger partial charge in [0.05, 0.1) is 18.1 Å². The number of halogens is 1. The van der Waals surface area contributed by atoms with E-state index in [0.29, 0.717) is 19.1 Å². The van der Waals surface area contributed by atoms with Crippen LogP contribution in [-0.2, 0) is 20.1 Å². The molecule has 2 heterocycles. The predicted molar refractivity (Wildman–Crippen MR) is 125 cm³/mol. The standard InChI is InChI=1S/C23H34ClN5O/c1-4-25-23(28(3)16-22-13-20(24)15-27(22)2)26-14-18-5-7-21(8-6-18)29-11-9-19(17-30)10-12-29/h5-8,13,15,19,30H,4,9-12,14,16-17H2,1-3H3,(H,25,26). The van der Waals surface area contributed by atoms with E-state index < -0.39 is 0 Å². The van der Waals surface area contributed by atoms with Gasteiger partial charge in [-0.15, -0.1) is 0 Å². The number of aliphatic imine (C=N–C) groups is 1. The molecule has 7 heteroatoms. The molecule has 0 radical (unpaired) electrons. The highest BCUT2D eigenvalue weighted by atomic mass is 35.5. The van der Waals surface area contributed by atoms with Crippen molar-refractivity contribution in [2.24, 2.45) is 18.0 Å². The quantitative estimate of drug-likeness (QED) is 0.520. The molecule has 0 bridgehead atoms. The summed E-state index contributed by atoms with van der Waals surface area (Å²) in [6.45, 7) is 6.61. The zero-order chi connectivity index (χ0) is 21.5. The topological polar surface area (TPSA) is 56.0 Å². The molecule has 164 valence electrons. The van der Waals surface area contributed by atoms with Gasteiger partial charge in [0.1, 0.15) is 0 Å². The first-order valence-electron chi connectivity index (χ1n) is 10.7. The van der Waals surface area contributed by atoms with Crippen LogP contribution in [0.5, 0.6) is 0 Å². The van der Waals surface area contributed by atoms with E-state index in [4.69, 9.17) is 16.6 Å². The van der Waals surface area contributed by atoms with E-state index in [1.807, 2.05) is 30.9 Å². The van der Waals surface area contributed by atoms with E-state index >= 15 is 0 Å². The molecule has 2 N–H and O–H groups in total. The van der Waals surface area contributed by atoms with E-state index in [2.05, 4.69) is 46.3 Å². The van der Waals surface area contributed by atoms with Crippen molar-refractivity contribution in [3.05, 3.63) is 52.8 Å². The molecule has 0 spiro atoms. The van der Waals surface area contributed by atoms with Crippen LogP contribution in [0, 0.1) is 5.92 Å². The van der Waals surface area contributed by atoms with Crippen molar-refractivity contribution in [1.29, 1.82) is 0 Å². The second-order valence-corrected chi connectivity index (χ2v) is 8.50. The Balaban J connectivity index is 1.60. The van der Waals surface area contributed by atoms with Crippen LogP contribution in [0.15, 0.2) is 41.5 Å². The van der Waals surface area contributed by atoms with Gasteiger partial charge >= 0.3 is 0 Å². The lowest BCUT2D eigenvalue weighted by Crippen LogP contribution is -2.38. The Morgan fingerprint density at radius 2 is 1.97 bits per heavy atom. The van der Waals surface area contributed by atoms with E-state index in [-0.39, 0.29) is 0 Å². The fourth-order valence-electron chi connectivity index (χ4n) is 3.86. The Morgan fingerprint density at radius 3 is 2.53 bits per heavy atom. The number of aliphatic hydroxyl groups excluding tert-OH is 1. The Kier molecular flexibility index (Phi) is 8.05. The fraction of sp³-hybridized carbons (Fsp3) is 0.522. The Morgan fingerprint density at radius 1 is 1.27 bits per heavy atom. The molecule has 1 aliphatic rings. The molecule has 6 nitrogen and oxygen atoms in total. The maximum absolute atomic E-state index is 9.32. The molecular weight excluding hydrogens is 398 g/mol. The van der Waals surface area contributed by atoms with Gasteiger partial charge in [-0.3, -0.25) is 0 Å². The number of aliphatic hydroxyl groups is 1. The summed E-state index contributed by atoms with van der Waals surface area (Å²) >= 11 is 6.11. The summed E-state index contributed by atoms with van der Waals surface area (Å²) in [6, 6.07) is 10.7. The Hall–Kier alpha value is -2.18. The minimum Gasteiger partial charge on any atom is -0.396 e. The molecule has 1 fully saturated rings. The molecule has 3 rings (SSSR count). The lowest BCUT2D eigenvalue weighted by molar-refractivity contribution is 0.203. The summed E-state index contributed by atoms with van der Waals surface area (Å²) in [6.07, 6.45) is 4.04. The van der Waals surface area contributed by atoms with Gasteiger partial charge in [0.15, 0.2) is 5.96 Å². The van der Waals surface area contributed by atoms with Crippen molar-refractivity contribution in [3.63, 3.8) is 0 Å². The third-order valence-electron chi connectivity index (χ3n) is 5.76. The molecule has 1 aromatic heterocycles. The lowest BCUT2D eigenvalue weighted by atomic mass is 9.97. The van der Waals surface area contributed by atoms with E-state index in [1.54, 1.807) is 0 Å². The van der Waals surface area contributed by atoms with Crippen LogP contribution >= 0.6 is 11.6 Å². The first kappa shape index (κ1) is 22.5. The van der Waals surface area contributed by atoms with Gasteiger partial charge in [0.2, 0.25) is 0 Å². The number of anilines is 1. The van der Waals surface area contributed by atoms with Crippen LogP contribution < -0.4 is 10.2 Å². The van der Waals surface area contributed by atoms with Crippen molar-refractivity contribution in [2.45, 2.75) is 32.9 Å². The summed E-state index contributed by atoms with van der Waals surface area (Å²) in [4.78, 5) is 9.35. The van der Waals surface area contributed by atoms with Gasteiger partial charge in [-0.2, -0.15) is 0 Å². The summed E-state index contributed by atoms with van der Waals surface area (Å²) in [5.41, 5.74) is 3.58. The number of guanidine groups is 1. The fourth-order valence-corrected chi connectivity index (χ4v) is 4.14. The number of hydrogen-bond acceptors (Lipinski definition) is 3. The second-order valence-electron chi connectivity index (χ2n) is 8.07. The van der Waals surface area contributed by atoms with Crippen LogP contribution in [-0.4, -0.2) is 53.8 Å². The highest BCUT2D eigenvalue weighted by Crippen LogP contribution is 2.23. The first-order valence-corrected chi connectivity index (χ1v) is 11.1. The number of aromatic nitrogens is 1. The number of piperidine rings is 1. The van der Waals surface area contributed by atoms with Crippen LogP contribution in [0.1, 0.15) is 31.0 Å². The van der Waals surface area contributed by atoms with Crippen molar-refractivity contribution in [2.75, 3.05) is 38.2 Å². The number of benzene rings is 1. The summed E-state index contributed by atoms with van der Waals surface area (Å²) < 4.78 is 2.05. The summed E-state index contributed by atoms with van der Waals surface area (Å²) in [5, 5.41) is 13.4. The van der Waals surface area contributed by atoms with Gasteiger partial charge in [-0.1, -0.05) is 23.7 Å². The van der Waals surface area contributed by atoms with E-state index in [9.17, 15) is 5.11 Å². The number of rotatable bonds is 7. The largest absolute Gasteiger partial charge is 0.396 e. The van der Waals surface area contributed by atoms with Gasteiger partial charge in [-0.25, -0.2) is 4.99 Å². The third kappa shape index (κ3) is 5.92. The minimum absolute atomic E-state index is 0.310. The molecule has 30 heavy (non-hydrogen) atoms. The highest BCUT2D eigenvalue weighted by Gasteiger charge is 2.18. The van der Waals surface area contributed by atoms with Crippen LogP contribution in [0.2, 0.25) is 5.02 Å². The minimum atomic E-state index is 0.310. The Labute approximate surface area is 185 Å². The molecule has 0 amide bonds. The van der Waals surface area contributed by atoms with Gasteiger partial charge in [0.25, 0.3) is 0 Å².